The summed E-state index contributed by atoms with van der Waals surface area (Å²) in [5.41, 5.74) is 3.70. The number of rotatable bonds is 6. The highest BCUT2D eigenvalue weighted by atomic mass is 15.3. The van der Waals surface area contributed by atoms with Crippen molar-refractivity contribution in [3.8, 4) is 5.82 Å². The van der Waals surface area contributed by atoms with Gasteiger partial charge in [0, 0.05) is 18.3 Å². The molecule has 0 spiro atoms. The summed E-state index contributed by atoms with van der Waals surface area (Å²) < 4.78 is 1.95. The van der Waals surface area contributed by atoms with Gasteiger partial charge in [-0.15, -0.1) is 0 Å². The van der Waals surface area contributed by atoms with Crippen molar-refractivity contribution in [2.75, 3.05) is 6.54 Å². The molecule has 0 radical (unpaired) electrons. The van der Waals surface area contributed by atoms with Crippen molar-refractivity contribution in [2.24, 2.45) is 0 Å². The Hall–Kier alpha value is -1.68. The van der Waals surface area contributed by atoms with E-state index in [0.29, 0.717) is 0 Å². The largest absolute Gasteiger partial charge is 0.313 e. The molecule has 0 aliphatic carbocycles. The SMILES string of the molecule is CCCNCc1cnn(-c2cc(C)ccn2)c1CC. The number of nitrogens with one attached hydrogen (secondary N) is 1. The van der Waals surface area contributed by atoms with Crippen molar-refractivity contribution in [3.63, 3.8) is 0 Å². The maximum Gasteiger partial charge on any atom is 0.153 e. The predicted molar refractivity (Wildman–Crippen MR) is 77.5 cm³/mol. The van der Waals surface area contributed by atoms with Crippen molar-refractivity contribution >= 4 is 0 Å². The Bertz CT molecular complexity index is 531. The summed E-state index contributed by atoms with van der Waals surface area (Å²) in [4.78, 5) is 4.41. The van der Waals surface area contributed by atoms with Gasteiger partial charge in [0.05, 0.1) is 11.9 Å². The molecule has 0 aliphatic heterocycles. The van der Waals surface area contributed by atoms with Gasteiger partial charge in [-0.1, -0.05) is 13.8 Å². The van der Waals surface area contributed by atoms with Crippen LogP contribution >= 0.6 is 0 Å². The van der Waals surface area contributed by atoms with Gasteiger partial charge in [-0.25, -0.2) is 9.67 Å². The van der Waals surface area contributed by atoms with E-state index in [2.05, 4.69) is 42.2 Å². The second-order valence-electron chi connectivity index (χ2n) is 4.75. The molecule has 102 valence electrons. The van der Waals surface area contributed by atoms with Crippen molar-refractivity contribution in [2.45, 2.75) is 40.2 Å². The minimum absolute atomic E-state index is 0.878. The monoisotopic (exact) mass is 258 g/mol. The zero-order valence-corrected chi connectivity index (χ0v) is 12.0. The number of pyridine rings is 1. The van der Waals surface area contributed by atoms with Gasteiger partial charge >= 0.3 is 0 Å². The topological polar surface area (TPSA) is 42.7 Å². The first-order chi connectivity index (χ1) is 9.26. The van der Waals surface area contributed by atoms with Gasteiger partial charge in [0.15, 0.2) is 5.82 Å². The van der Waals surface area contributed by atoms with E-state index in [1.807, 2.05) is 23.1 Å². The van der Waals surface area contributed by atoms with E-state index >= 15 is 0 Å². The molecule has 2 aromatic heterocycles. The van der Waals surface area contributed by atoms with Crippen molar-refractivity contribution < 1.29 is 0 Å². The van der Waals surface area contributed by atoms with E-state index in [-0.39, 0.29) is 0 Å². The van der Waals surface area contributed by atoms with Crippen LogP contribution in [0.2, 0.25) is 0 Å². The summed E-state index contributed by atoms with van der Waals surface area (Å²) in [6.07, 6.45) is 5.89. The highest BCUT2D eigenvalue weighted by molar-refractivity contribution is 5.31. The van der Waals surface area contributed by atoms with Gasteiger partial charge < -0.3 is 5.32 Å². The van der Waals surface area contributed by atoms with Crippen LogP contribution in [0.4, 0.5) is 0 Å². The second kappa shape index (κ2) is 6.48. The normalized spacial score (nSPS) is 10.9. The summed E-state index contributed by atoms with van der Waals surface area (Å²) in [6.45, 7) is 8.32. The molecule has 0 saturated carbocycles. The number of hydrogen-bond acceptors (Lipinski definition) is 3. The lowest BCUT2D eigenvalue weighted by Crippen LogP contribution is -2.15. The van der Waals surface area contributed by atoms with Gasteiger partial charge in [0.2, 0.25) is 0 Å². The lowest BCUT2D eigenvalue weighted by molar-refractivity contribution is 0.669. The zero-order chi connectivity index (χ0) is 13.7. The quantitative estimate of drug-likeness (QED) is 0.810. The molecule has 0 aromatic carbocycles. The molecule has 2 aromatic rings. The highest BCUT2D eigenvalue weighted by Gasteiger charge is 2.11. The van der Waals surface area contributed by atoms with Crippen molar-refractivity contribution in [1.29, 1.82) is 0 Å². The third-order valence-electron chi connectivity index (χ3n) is 3.15. The molecular weight excluding hydrogens is 236 g/mol. The molecule has 0 unspecified atom stereocenters. The fourth-order valence-electron chi connectivity index (χ4n) is 2.17. The van der Waals surface area contributed by atoms with Crippen LogP contribution in [0.15, 0.2) is 24.5 Å². The Kier molecular flexibility index (Phi) is 4.68. The van der Waals surface area contributed by atoms with E-state index in [0.717, 1.165) is 31.7 Å². The molecule has 0 amide bonds. The predicted octanol–water partition coefficient (Wildman–Crippen LogP) is 2.64. The molecule has 19 heavy (non-hydrogen) atoms. The first-order valence-electron chi connectivity index (χ1n) is 6.95. The maximum absolute atomic E-state index is 4.49. The van der Waals surface area contributed by atoms with Crippen molar-refractivity contribution in [3.05, 3.63) is 41.3 Å². The number of hydrogen-bond donors (Lipinski definition) is 1. The van der Waals surface area contributed by atoms with E-state index in [9.17, 15) is 0 Å². The molecule has 0 fully saturated rings. The third kappa shape index (κ3) is 3.20. The Labute approximate surface area is 114 Å². The smallest absolute Gasteiger partial charge is 0.153 e. The van der Waals surface area contributed by atoms with E-state index in [1.165, 1.54) is 16.8 Å². The fourth-order valence-corrected chi connectivity index (χ4v) is 2.17. The van der Waals surface area contributed by atoms with Gasteiger partial charge in [0.1, 0.15) is 0 Å². The third-order valence-corrected chi connectivity index (χ3v) is 3.15. The first-order valence-corrected chi connectivity index (χ1v) is 6.95. The molecule has 0 saturated heterocycles. The molecule has 0 bridgehead atoms. The van der Waals surface area contributed by atoms with Gasteiger partial charge in [-0.05, 0) is 44.0 Å². The Balaban J connectivity index is 2.26. The van der Waals surface area contributed by atoms with Gasteiger partial charge in [0.25, 0.3) is 0 Å². The Morgan fingerprint density at radius 1 is 1.32 bits per heavy atom. The van der Waals surface area contributed by atoms with Gasteiger partial charge in [-0.3, -0.25) is 0 Å². The lowest BCUT2D eigenvalue weighted by atomic mass is 10.2. The molecule has 4 heteroatoms. The van der Waals surface area contributed by atoms with Crippen LogP contribution in [0.5, 0.6) is 0 Å². The van der Waals surface area contributed by atoms with Gasteiger partial charge in [-0.2, -0.15) is 5.10 Å². The minimum atomic E-state index is 0.878. The van der Waals surface area contributed by atoms with Crippen LogP contribution in [-0.4, -0.2) is 21.3 Å². The molecule has 2 heterocycles. The maximum atomic E-state index is 4.49. The van der Waals surface area contributed by atoms with E-state index in [1.54, 1.807) is 0 Å². The number of nitrogens with zero attached hydrogens (tertiary/aromatic N) is 3. The summed E-state index contributed by atoms with van der Waals surface area (Å²) in [5, 5.41) is 7.92. The molecular formula is C15H22N4. The molecule has 0 aliphatic rings. The first kappa shape index (κ1) is 13.7. The van der Waals surface area contributed by atoms with Crippen LogP contribution in [0.3, 0.4) is 0 Å². The standard InChI is InChI=1S/C15H22N4/c1-4-7-16-10-13-11-18-19(14(13)5-2)15-9-12(3)6-8-17-15/h6,8-9,11,16H,4-5,7,10H2,1-3H3. The average molecular weight is 258 g/mol. The molecule has 2 rings (SSSR count). The number of aryl methyl sites for hydroxylation is 1. The zero-order valence-electron chi connectivity index (χ0n) is 12.0. The van der Waals surface area contributed by atoms with Crippen LogP contribution in [0.25, 0.3) is 5.82 Å². The summed E-state index contributed by atoms with van der Waals surface area (Å²) in [6, 6.07) is 4.07. The summed E-state index contributed by atoms with van der Waals surface area (Å²) in [5.74, 6) is 0.901. The van der Waals surface area contributed by atoms with Crippen LogP contribution < -0.4 is 5.32 Å². The number of aromatic nitrogens is 3. The second-order valence-corrected chi connectivity index (χ2v) is 4.75. The van der Waals surface area contributed by atoms with E-state index < -0.39 is 0 Å². The van der Waals surface area contributed by atoms with Crippen LogP contribution in [0.1, 0.15) is 37.1 Å². The van der Waals surface area contributed by atoms with Crippen LogP contribution in [-0.2, 0) is 13.0 Å². The van der Waals surface area contributed by atoms with Crippen molar-refractivity contribution in [1.82, 2.24) is 20.1 Å². The Morgan fingerprint density at radius 3 is 2.84 bits per heavy atom. The fraction of sp³-hybridized carbons (Fsp3) is 0.467. The lowest BCUT2D eigenvalue weighted by Gasteiger charge is -2.08. The van der Waals surface area contributed by atoms with Crippen LogP contribution in [0, 0.1) is 6.92 Å². The molecule has 1 N–H and O–H groups in total. The summed E-state index contributed by atoms with van der Waals surface area (Å²) >= 11 is 0. The van der Waals surface area contributed by atoms with E-state index in [4.69, 9.17) is 0 Å². The molecule has 4 nitrogen and oxygen atoms in total. The minimum Gasteiger partial charge on any atom is -0.313 e. The Morgan fingerprint density at radius 2 is 2.16 bits per heavy atom. The summed E-state index contributed by atoms with van der Waals surface area (Å²) in [7, 11) is 0. The highest BCUT2D eigenvalue weighted by Crippen LogP contribution is 2.15. The average Bonchev–Trinajstić information content (AvgIpc) is 2.82. The molecule has 0 atom stereocenters.